The van der Waals surface area contributed by atoms with Gasteiger partial charge in [0.25, 0.3) is 5.91 Å². The molecular weight excluding hydrogens is 230 g/mol. The second-order valence-electron chi connectivity index (χ2n) is 4.64. The first-order chi connectivity index (χ1) is 8.78. The van der Waals surface area contributed by atoms with Gasteiger partial charge in [0.1, 0.15) is 5.75 Å². The first-order valence-corrected chi connectivity index (χ1v) is 6.08. The van der Waals surface area contributed by atoms with E-state index in [0.717, 1.165) is 23.2 Å². The lowest BCUT2D eigenvalue weighted by Crippen LogP contribution is -2.26. The predicted octanol–water partition coefficient (Wildman–Crippen LogP) is 1.71. The third-order valence-electron chi connectivity index (χ3n) is 3.23. The maximum atomic E-state index is 12.0. The monoisotopic (exact) mass is 245 g/mol. The highest BCUT2D eigenvalue weighted by Crippen LogP contribution is 2.28. The van der Waals surface area contributed by atoms with E-state index in [-0.39, 0.29) is 5.91 Å². The Morgan fingerprint density at radius 2 is 2.39 bits per heavy atom. The molecule has 1 heterocycles. The van der Waals surface area contributed by atoms with Gasteiger partial charge in [-0.1, -0.05) is 0 Å². The van der Waals surface area contributed by atoms with Crippen LogP contribution in [0.3, 0.4) is 0 Å². The molecule has 1 aromatic carbocycles. The van der Waals surface area contributed by atoms with E-state index < -0.39 is 0 Å². The summed E-state index contributed by atoms with van der Waals surface area (Å²) in [6, 6.07) is 5.51. The van der Waals surface area contributed by atoms with Crippen LogP contribution in [-0.4, -0.2) is 29.8 Å². The number of methoxy groups -OCH3 is 1. The van der Waals surface area contributed by atoms with Crippen molar-refractivity contribution in [2.24, 2.45) is 5.92 Å². The molecule has 0 spiro atoms. The molecule has 0 bridgehead atoms. The zero-order chi connectivity index (χ0) is 12.5. The Hall–Kier alpha value is -2.04. The van der Waals surface area contributed by atoms with Crippen molar-refractivity contribution in [3.63, 3.8) is 0 Å². The molecule has 0 radical (unpaired) electrons. The first-order valence-electron chi connectivity index (χ1n) is 6.08. The first kappa shape index (κ1) is 11.1. The number of benzene rings is 1. The summed E-state index contributed by atoms with van der Waals surface area (Å²) >= 11 is 0. The number of nitrogens with zero attached hydrogens (tertiary/aromatic N) is 1. The standard InChI is InChI=1S/C13H15N3O2/c1-18-9-4-5-10-11(6-9)15-16-12(10)13(17)14-7-8-2-3-8/h4-6,8H,2-3,7H2,1H3,(H,14,17)(H,15,16). The molecule has 94 valence electrons. The summed E-state index contributed by atoms with van der Waals surface area (Å²) in [5, 5.41) is 10.7. The summed E-state index contributed by atoms with van der Waals surface area (Å²) in [6.07, 6.45) is 2.44. The van der Waals surface area contributed by atoms with Crippen LogP contribution >= 0.6 is 0 Å². The van der Waals surface area contributed by atoms with Crippen LogP contribution in [0.25, 0.3) is 10.9 Å². The summed E-state index contributed by atoms with van der Waals surface area (Å²) in [4.78, 5) is 12.0. The Kier molecular flexibility index (Phi) is 2.66. The average molecular weight is 245 g/mol. The van der Waals surface area contributed by atoms with Gasteiger partial charge in [-0.25, -0.2) is 0 Å². The molecule has 18 heavy (non-hydrogen) atoms. The fourth-order valence-corrected chi connectivity index (χ4v) is 1.94. The Bertz CT molecular complexity index is 587. The third kappa shape index (κ3) is 2.03. The van der Waals surface area contributed by atoms with Gasteiger partial charge >= 0.3 is 0 Å². The van der Waals surface area contributed by atoms with Crippen LogP contribution in [0.2, 0.25) is 0 Å². The Morgan fingerprint density at radius 3 is 3.11 bits per heavy atom. The molecular formula is C13H15N3O2. The van der Waals surface area contributed by atoms with Gasteiger partial charge in [-0.15, -0.1) is 0 Å². The number of H-pyrrole nitrogens is 1. The number of hydrogen-bond acceptors (Lipinski definition) is 3. The van der Waals surface area contributed by atoms with Gasteiger partial charge < -0.3 is 10.1 Å². The molecule has 1 saturated carbocycles. The van der Waals surface area contributed by atoms with Gasteiger partial charge in [-0.2, -0.15) is 5.10 Å². The Labute approximate surface area is 105 Å². The fourth-order valence-electron chi connectivity index (χ4n) is 1.94. The van der Waals surface area contributed by atoms with Crippen molar-refractivity contribution in [2.75, 3.05) is 13.7 Å². The molecule has 0 aliphatic heterocycles. The maximum absolute atomic E-state index is 12.0. The summed E-state index contributed by atoms with van der Waals surface area (Å²) in [6.45, 7) is 0.753. The molecule has 2 N–H and O–H groups in total. The minimum Gasteiger partial charge on any atom is -0.497 e. The van der Waals surface area contributed by atoms with Crippen LogP contribution in [0.5, 0.6) is 5.75 Å². The quantitative estimate of drug-likeness (QED) is 0.861. The number of aromatic nitrogens is 2. The van der Waals surface area contributed by atoms with Crippen molar-refractivity contribution in [3.8, 4) is 5.75 Å². The van der Waals surface area contributed by atoms with Gasteiger partial charge in [0, 0.05) is 18.0 Å². The SMILES string of the molecule is COc1ccc2c(C(=O)NCC3CC3)n[nH]c2c1. The highest BCUT2D eigenvalue weighted by molar-refractivity contribution is 6.04. The normalized spacial score (nSPS) is 14.7. The molecule has 2 aromatic rings. The van der Waals surface area contributed by atoms with Gasteiger partial charge in [-0.05, 0) is 30.9 Å². The summed E-state index contributed by atoms with van der Waals surface area (Å²) in [5.74, 6) is 1.30. The molecule has 0 saturated heterocycles. The van der Waals surface area contributed by atoms with Crippen molar-refractivity contribution >= 4 is 16.8 Å². The zero-order valence-electron chi connectivity index (χ0n) is 10.2. The smallest absolute Gasteiger partial charge is 0.272 e. The number of hydrogen-bond donors (Lipinski definition) is 2. The van der Waals surface area contributed by atoms with Gasteiger partial charge in [-0.3, -0.25) is 9.89 Å². The minimum atomic E-state index is -0.113. The van der Waals surface area contributed by atoms with Crippen molar-refractivity contribution in [1.82, 2.24) is 15.5 Å². The van der Waals surface area contributed by atoms with Crippen LogP contribution in [0.4, 0.5) is 0 Å². The molecule has 1 aliphatic rings. The Morgan fingerprint density at radius 1 is 1.56 bits per heavy atom. The molecule has 3 rings (SSSR count). The molecule has 1 aromatic heterocycles. The highest BCUT2D eigenvalue weighted by Gasteiger charge is 2.23. The largest absolute Gasteiger partial charge is 0.497 e. The number of carbonyl (C=O) groups is 1. The second-order valence-corrected chi connectivity index (χ2v) is 4.64. The van der Waals surface area contributed by atoms with Crippen molar-refractivity contribution in [1.29, 1.82) is 0 Å². The fraction of sp³-hybridized carbons (Fsp3) is 0.385. The number of aromatic amines is 1. The van der Waals surface area contributed by atoms with E-state index >= 15 is 0 Å². The second kappa shape index (κ2) is 4.33. The van der Waals surface area contributed by atoms with E-state index in [4.69, 9.17) is 4.74 Å². The van der Waals surface area contributed by atoms with E-state index in [1.807, 2.05) is 18.2 Å². The lowest BCUT2D eigenvalue weighted by atomic mass is 10.2. The highest BCUT2D eigenvalue weighted by atomic mass is 16.5. The molecule has 1 aliphatic carbocycles. The van der Waals surface area contributed by atoms with Crippen molar-refractivity contribution < 1.29 is 9.53 Å². The summed E-state index contributed by atoms with van der Waals surface area (Å²) < 4.78 is 5.13. The van der Waals surface area contributed by atoms with Crippen LogP contribution in [0.15, 0.2) is 18.2 Å². The van der Waals surface area contributed by atoms with Crippen LogP contribution < -0.4 is 10.1 Å². The van der Waals surface area contributed by atoms with E-state index in [0.29, 0.717) is 11.6 Å². The van der Waals surface area contributed by atoms with Gasteiger partial charge in [0.05, 0.1) is 12.6 Å². The van der Waals surface area contributed by atoms with Gasteiger partial charge in [0.2, 0.25) is 0 Å². The lowest BCUT2D eigenvalue weighted by molar-refractivity contribution is 0.0948. The Balaban J connectivity index is 1.84. The number of nitrogens with one attached hydrogen (secondary N) is 2. The number of carbonyl (C=O) groups excluding carboxylic acids is 1. The number of rotatable bonds is 4. The molecule has 1 fully saturated rings. The maximum Gasteiger partial charge on any atom is 0.272 e. The minimum absolute atomic E-state index is 0.113. The molecule has 5 nitrogen and oxygen atoms in total. The predicted molar refractivity (Wildman–Crippen MR) is 67.7 cm³/mol. The van der Waals surface area contributed by atoms with E-state index in [1.165, 1.54) is 12.8 Å². The van der Waals surface area contributed by atoms with E-state index in [9.17, 15) is 4.79 Å². The van der Waals surface area contributed by atoms with Crippen LogP contribution in [-0.2, 0) is 0 Å². The number of fused-ring (bicyclic) bond motifs is 1. The molecule has 1 amide bonds. The lowest BCUT2D eigenvalue weighted by Gasteiger charge is -2.02. The molecule has 0 unspecified atom stereocenters. The summed E-state index contributed by atoms with van der Waals surface area (Å²) in [7, 11) is 1.61. The van der Waals surface area contributed by atoms with Crippen molar-refractivity contribution in [2.45, 2.75) is 12.8 Å². The van der Waals surface area contributed by atoms with Crippen molar-refractivity contribution in [3.05, 3.63) is 23.9 Å². The van der Waals surface area contributed by atoms with E-state index in [2.05, 4.69) is 15.5 Å². The molecule has 5 heteroatoms. The zero-order valence-corrected chi connectivity index (χ0v) is 10.2. The topological polar surface area (TPSA) is 67.0 Å². The number of amides is 1. The summed E-state index contributed by atoms with van der Waals surface area (Å²) in [5.41, 5.74) is 1.26. The van der Waals surface area contributed by atoms with Gasteiger partial charge in [0.15, 0.2) is 5.69 Å². The number of ether oxygens (including phenoxy) is 1. The van der Waals surface area contributed by atoms with Crippen LogP contribution in [0, 0.1) is 5.92 Å². The average Bonchev–Trinajstić information content (AvgIpc) is 3.13. The van der Waals surface area contributed by atoms with E-state index in [1.54, 1.807) is 7.11 Å². The molecule has 0 atom stereocenters. The third-order valence-corrected chi connectivity index (χ3v) is 3.23. The van der Waals surface area contributed by atoms with Crippen LogP contribution in [0.1, 0.15) is 23.3 Å².